The maximum Gasteiger partial charge on any atom is 0.305 e. The second kappa shape index (κ2) is 25.6. The third-order valence-electron chi connectivity index (χ3n) is 7.96. The molecule has 9 heteroatoms. The van der Waals surface area contributed by atoms with Crippen molar-refractivity contribution in [3.05, 3.63) is 60.8 Å². The summed E-state index contributed by atoms with van der Waals surface area (Å²) in [6.45, 7) is 17.4. The molecule has 0 aromatic heterocycles. The fraction of sp³-hybridized carbons (Fsp3) is 0.658. The number of hydrogen-bond acceptors (Lipinski definition) is 6. The number of allylic oxidation sites excluding steroid dienone is 10. The van der Waals surface area contributed by atoms with Crippen LogP contribution in [0.4, 0.5) is 0 Å². The molecule has 268 valence electrons. The lowest BCUT2D eigenvalue weighted by Crippen LogP contribution is -2.55. The molecule has 0 heterocycles. The highest BCUT2D eigenvalue weighted by Gasteiger charge is 2.46. The Morgan fingerprint density at radius 1 is 0.766 bits per heavy atom. The van der Waals surface area contributed by atoms with Crippen LogP contribution in [0.25, 0.3) is 0 Å². The van der Waals surface area contributed by atoms with E-state index in [-0.39, 0.29) is 42.4 Å². The average Bonchev–Trinajstić information content (AvgIpc) is 3.00. The third kappa shape index (κ3) is 22.8. The van der Waals surface area contributed by atoms with Crippen molar-refractivity contribution in [1.29, 1.82) is 0 Å². The van der Waals surface area contributed by atoms with E-state index in [0.29, 0.717) is 19.4 Å². The van der Waals surface area contributed by atoms with Crippen LogP contribution in [0.3, 0.4) is 0 Å². The highest BCUT2D eigenvalue weighted by molar-refractivity contribution is 7.98. The minimum atomic E-state index is -2.34. The second-order valence-corrected chi connectivity index (χ2v) is 19.6. The fourth-order valence-electron chi connectivity index (χ4n) is 3.96. The zero-order chi connectivity index (χ0) is 35.6. The average molecular weight is 691 g/mol. The van der Waals surface area contributed by atoms with Gasteiger partial charge in [-0.3, -0.25) is 14.4 Å². The highest BCUT2D eigenvalue weighted by atomic mass is 32.2. The summed E-state index contributed by atoms with van der Waals surface area (Å²) in [4.78, 5) is 38.1. The van der Waals surface area contributed by atoms with Gasteiger partial charge in [-0.15, -0.1) is 0 Å². The van der Waals surface area contributed by atoms with Gasteiger partial charge in [0, 0.05) is 37.1 Å². The van der Waals surface area contributed by atoms with E-state index >= 15 is 0 Å². The highest BCUT2D eigenvalue weighted by Crippen LogP contribution is 2.40. The van der Waals surface area contributed by atoms with Gasteiger partial charge in [0.05, 0.1) is 6.61 Å². The number of carbonyl (C=O) groups excluding carboxylic acids is 3. The maximum atomic E-state index is 13.4. The van der Waals surface area contributed by atoms with Gasteiger partial charge in [0.2, 0.25) is 11.8 Å². The third-order valence-corrected chi connectivity index (χ3v) is 13.0. The van der Waals surface area contributed by atoms with Crippen LogP contribution in [0, 0.1) is 5.41 Å². The molecule has 0 saturated heterocycles. The van der Waals surface area contributed by atoms with Gasteiger partial charge in [-0.1, -0.05) is 102 Å². The van der Waals surface area contributed by atoms with Crippen molar-refractivity contribution >= 4 is 37.9 Å². The normalized spacial score (nSPS) is 13.8. The molecule has 0 fully saturated rings. The van der Waals surface area contributed by atoms with E-state index in [9.17, 15) is 14.4 Å². The lowest BCUT2D eigenvalue weighted by atomic mass is 9.87. The standard InChI is InChI=1S/C38H66N2O5SSi/c1-10-11-12-13-14-15-16-17-18-19-20-21-22-23-24-25-26-27-34(42)44-32-38(5,6)35(45-47(8,9)37(2,3)4)36(43)40-29-28-33(41)39-30-31-46-7/h11-12,14-15,17-18,20-21,23-24,35H,10,13,16,19,22,25-32H2,1-9H3,(H,39,41)(H,40,43)/b12-11-,15-14-,18-17-,21-20-,24-23-/t35-/m0/s1. The van der Waals surface area contributed by atoms with Crippen molar-refractivity contribution in [2.75, 3.05) is 31.7 Å². The van der Waals surface area contributed by atoms with E-state index in [1.807, 2.05) is 20.1 Å². The first-order chi connectivity index (χ1) is 22.2. The molecule has 0 rings (SSSR count). The van der Waals surface area contributed by atoms with Crippen molar-refractivity contribution in [1.82, 2.24) is 10.6 Å². The van der Waals surface area contributed by atoms with Crippen molar-refractivity contribution in [2.24, 2.45) is 5.41 Å². The molecule has 0 aliphatic carbocycles. The molecule has 2 N–H and O–H groups in total. The number of esters is 1. The molecule has 0 aliphatic rings. The van der Waals surface area contributed by atoms with Crippen molar-refractivity contribution in [3.63, 3.8) is 0 Å². The smallest absolute Gasteiger partial charge is 0.305 e. The predicted octanol–water partition coefficient (Wildman–Crippen LogP) is 8.85. The molecule has 0 radical (unpaired) electrons. The topological polar surface area (TPSA) is 93.7 Å². The van der Waals surface area contributed by atoms with Crippen LogP contribution in [-0.4, -0.2) is 63.9 Å². The van der Waals surface area contributed by atoms with E-state index in [2.05, 4.69) is 112 Å². The second-order valence-electron chi connectivity index (χ2n) is 13.9. The lowest BCUT2D eigenvalue weighted by molar-refractivity contribution is -0.152. The summed E-state index contributed by atoms with van der Waals surface area (Å²) < 4.78 is 12.3. The van der Waals surface area contributed by atoms with Crippen molar-refractivity contribution in [2.45, 2.75) is 124 Å². The maximum absolute atomic E-state index is 13.4. The number of hydrogen-bond donors (Lipinski definition) is 2. The Hall–Kier alpha value is -2.36. The first-order valence-corrected chi connectivity index (χ1v) is 21.6. The number of unbranched alkanes of at least 4 members (excludes halogenated alkanes) is 1. The van der Waals surface area contributed by atoms with Crippen molar-refractivity contribution in [3.8, 4) is 0 Å². The van der Waals surface area contributed by atoms with Crippen LogP contribution in [0.15, 0.2) is 60.8 Å². The van der Waals surface area contributed by atoms with E-state index in [1.54, 1.807) is 11.8 Å². The van der Waals surface area contributed by atoms with Gasteiger partial charge in [0.15, 0.2) is 8.32 Å². The molecule has 0 aromatic carbocycles. The van der Waals surface area contributed by atoms with E-state index in [1.165, 1.54) is 0 Å². The van der Waals surface area contributed by atoms with Crippen LogP contribution in [0.2, 0.25) is 18.1 Å². The Morgan fingerprint density at radius 3 is 1.81 bits per heavy atom. The lowest BCUT2D eigenvalue weighted by Gasteiger charge is -2.43. The summed E-state index contributed by atoms with van der Waals surface area (Å²) in [5.74, 6) is 0.181. The van der Waals surface area contributed by atoms with Gasteiger partial charge in [-0.2, -0.15) is 11.8 Å². The van der Waals surface area contributed by atoms with E-state index in [0.717, 1.165) is 44.3 Å². The van der Waals surface area contributed by atoms with Crippen LogP contribution in [-0.2, 0) is 23.5 Å². The molecular formula is C38H66N2O5SSi. The molecule has 0 unspecified atom stereocenters. The van der Waals surface area contributed by atoms with Gasteiger partial charge in [0.1, 0.15) is 6.10 Å². The van der Waals surface area contributed by atoms with Gasteiger partial charge in [-0.05, 0) is 69.3 Å². The number of rotatable bonds is 25. The molecule has 0 saturated carbocycles. The summed E-state index contributed by atoms with van der Waals surface area (Å²) in [7, 11) is -2.34. The van der Waals surface area contributed by atoms with Crippen LogP contribution >= 0.6 is 11.8 Å². The van der Waals surface area contributed by atoms with Crippen molar-refractivity contribution < 1.29 is 23.5 Å². The van der Waals surface area contributed by atoms with E-state index in [4.69, 9.17) is 9.16 Å². The Labute approximate surface area is 292 Å². The SMILES string of the molecule is CC/C=C\C/C=C\C/C=C\C/C=C\C/C=C\CCCC(=O)OCC(C)(C)[C@@H](O[Si](C)(C)C(C)(C)C)C(=O)NCCC(=O)NCCSC. The Balaban J connectivity index is 4.71. The molecular weight excluding hydrogens is 625 g/mol. The molecule has 0 aliphatic heterocycles. The Kier molecular flexibility index (Phi) is 24.3. The minimum absolute atomic E-state index is 0.0649. The Bertz CT molecular complexity index is 1040. The fourth-order valence-corrected chi connectivity index (χ4v) is 5.63. The predicted molar refractivity (Wildman–Crippen MR) is 204 cm³/mol. The van der Waals surface area contributed by atoms with Gasteiger partial charge in [-0.25, -0.2) is 0 Å². The molecule has 7 nitrogen and oxygen atoms in total. The van der Waals surface area contributed by atoms with E-state index < -0.39 is 19.8 Å². The molecule has 0 bridgehead atoms. The number of ether oxygens (including phenoxy) is 1. The first-order valence-electron chi connectivity index (χ1n) is 17.3. The Morgan fingerprint density at radius 2 is 1.30 bits per heavy atom. The zero-order valence-corrected chi connectivity index (χ0v) is 32.8. The van der Waals surface area contributed by atoms with Gasteiger partial charge >= 0.3 is 5.97 Å². The van der Waals surface area contributed by atoms with Gasteiger partial charge < -0.3 is 19.8 Å². The number of amides is 2. The first kappa shape index (κ1) is 44.6. The number of nitrogens with one attached hydrogen (secondary N) is 2. The molecule has 2 amide bonds. The minimum Gasteiger partial charge on any atom is -0.465 e. The number of carbonyl (C=O) groups is 3. The quantitative estimate of drug-likeness (QED) is 0.0430. The molecule has 1 atom stereocenters. The van der Waals surface area contributed by atoms with Crippen LogP contribution in [0.5, 0.6) is 0 Å². The number of thioether (sulfide) groups is 1. The molecule has 0 spiro atoms. The summed E-state index contributed by atoms with van der Waals surface area (Å²) >= 11 is 1.66. The monoisotopic (exact) mass is 690 g/mol. The van der Waals surface area contributed by atoms with Crippen LogP contribution in [0.1, 0.15) is 99.3 Å². The van der Waals surface area contributed by atoms with Crippen LogP contribution < -0.4 is 10.6 Å². The molecule has 47 heavy (non-hydrogen) atoms. The summed E-state index contributed by atoms with van der Waals surface area (Å²) in [5.41, 5.74) is -0.764. The summed E-state index contributed by atoms with van der Waals surface area (Å²) in [6.07, 6.45) is 29.7. The summed E-state index contributed by atoms with van der Waals surface area (Å²) in [5, 5.41) is 5.63. The van der Waals surface area contributed by atoms with Gasteiger partial charge in [0.25, 0.3) is 0 Å². The largest absolute Gasteiger partial charge is 0.465 e. The summed E-state index contributed by atoms with van der Waals surface area (Å²) in [6, 6.07) is 0. The molecule has 0 aromatic rings. The zero-order valence-electron chi connectivity index (χ0n) is 31.0.